The van der Waals surface area contributed by atoms with Gasteiger partial charge in [-0.05, 0) is 97.6 Å². The number of ether oxygens (including phenoxy) is 3. The molecule has 344 valence electrons. The van der Waals surface area contributed by atoms with Gasteiger partial charge in [-0.2, -0.15) is 0 Å². The molecule has 0 aliphatic heterocycles. The van der Waals surface area contributed by atoms with Crippen molar-refractivity contribution in [2.45, 2.75) is 266 Å². The fourth-order valence-electron chi connectivity index (χ4n) is 7.53. The Morgan fingerprint density at radius 3 is 1.41 bits per heavy atom. The number of carbonyl (C=O) groups excluding carboxylic acids is 3. The molecule has 0 heterocycles. The van der Waals surface area contributed by atoms with E-state index in [0.717, 1.165) is 103 Å². The minimum atomic E-state index is -0.508. The first kappa shape index (κ1) is 56.2. The summed E-state index contributed by atoms with van der Waals surface area (Å²) in [6, 6.07) is 0. The van der Waals surface area contributed by atoms with Crippen molar-refractivity contribution < 1.29 is 28.6 Å². The maximum Gasteiger partial charge on any atom is 0.407 e. The van der Waals surface area contributed by atoms with Crippen molar-refractivity contribution in [1.82, 2.24) is 10.2 Å². The third kappa shape index (κ3) is 40.9. The monoisotopic (exact) mass is 823 g/mol. The molecule has 0 rings (SSSR count). The Hall–Kier alpha value is -1.83. The van der Waals surface area contributed by atoms with Crippen LogP contribution in [0.5, 0.6) is 0 Å². The number of rotatable bonds is 42. The molecule has 0 fully saturated rings. The maximum atomic E-state index is 12.8. The highest BCUT2D eigenvalue weighted by molar-refractivity contribution is 5.69. The Bertz CT molecular complexity index is 922. The van der Waals surface area contributed by atoms with Gasteiger partial charge in [0.05, 0.1) is 6.61 Å². The van der Waals surface area contributed by atoms with Crippen LogP contribution in [-0.4, -0.2) is 67.4 Å². The molecule has 0 aromatic heterocycles. The van der Waals surface area contributed by atoms with Gasteiger partial charge in [-0.15, -0.1) is 0 Å². The number of nitrogens with zero attached hydrogens (tertiary/aromatic N) is 1. The van der Waals surface area contributed by atoms with E-state index in [1.54, 1.807) is 0 Å². The summed E-state index contributed by atoms with van der Waals surface area (Å²) in [4.78, 5) is 39.8. The van der Waals surface area contributed by atoms with Crippen LogP contribution in [0.2, 0.25) is 0 Å². The number of amides is 1. The quantitative estimate of drug-likeness (QED) is 0.0372. The van der Waals surface area contributed by atoms with Gasteiger partial charge in [-0.25, -0.2) is 4.79 Å². The van der Waals surface area contributed by atoms with Crippen LogP contribution in [0.3, 0.4) is 0 Å². The van der Waals surface area contributed by atoms with Gasteiger partial charge in [0.2, 0.25) is 0 Å². The summed E-state index contributed by atoms with van der Waals surface area (Å²) in [5.41, 5.74) is -0.508. The number of nitrogens with one attached hydrogen (secondary N) is 1. The first-order valence-corrected chi connectivity index (χ1v) is 25.0. The van der Waals surface area contributed by atoms with Gasteiger partial charge in [0, 0.05) is 25.9 Å². The molecule has 1 unspecified atom stereocenters. The van der Waals surface area contributed by atoms with Crippen molar-refractivity contribution in [2.24, 2.45) is 5.92 Å². The lowest BCUT2D eigenvalue weighted by Crippen LogP contribution is -2.38. The van der Waals surface area contributed by atoms with Crippen LogP contribution >= 0.6 is 0 Å². The second-order valence-electron chi connectivity index (χ2n) is 18.5. The third-order valence-corrected chi connectivity index (χ3v) is 11.2. The van der Waals surface area contributed by atoms with Gasteiger partial charge >= 0.3 is 18.0 Å². The van der Waals surface area contributed by atoms with Crippen LogP contribution in [0.4, 0.5) is 4.79 Å². The van der Waals surface area contributed by atoms with Crippen molar-refractivity contribution >= 4 is 18.0 Å². The lowest BCUT2D eigenvalue weighted by molar-refractivity contribution is -0.150. The molecule has 0 spiro atoms. The molecule has 0 saturated carbocycles. The average molecular weight is 823 g/mol. The summed E-state index contributed by atoms with van der Waals surface area (Å²) >= 11 is 0. The zero-order chi connectivity index (χ0) is 43.0. The van der Waals surface area contributed by atoms with E-state index in [1.165, 1.54) is 109 Å². The highest BCUT2D eigenvalue weighted by Gasteiger charge is 2.17. The highest BCUT2D eigenvalue weighted by atomic mass is 16.6. The van der Waals surface area contributed by atoms with Crippen molar-refractivity contribution in [2.75, 3.05) is 32.8 Å². The van der Waals surface area contributed by atoms with E-state index in [9.17, 15) is 14.4 Å². The van der Waals surface area contributed by atoms with Crippen LogP contribution in [-0.2, 0) is 23.8 Å². The molecule has 1 N–H and O–H groups in total. The fourth-order valence-corrected chi connectivity index (χ4v) is 7.53. The maximum absolute atomic E-state index is 12.8. The Morgan fingerprint density at radius 1 is 0.517 bits per heavy atom. The van der Waals surface area contributed by atoms with Gasteiger partial charge in [0.25, 0.3) is 0 Å². The standard InChI is InChI=1S/C50H98N2O6/c1-8-11-14-17-22-29-36-46(37-30-23-18-15-12-9-2)57-48(54)39-32-25-20-27-34-42-52(43-40-51-49(55)58-50(5,6)7)41-33-26-19-24-31-38-47(53)56-44-45(4)35-28-21-16-13-10-3/h45-46H,8-44H2,1-7H3,(H,51,55). The Labute approximate surface area is 360 Å². The third-order valence-electron chi connectivity index (χ3n) is 11.2. The number of hydrogen-bond donors (Lipinski definition) is 1. The van der Waals surface area contributed by atoms with E-state index in [1.807, 2.05) is 20.8 Å². The normalized spacial score (nSPS) is 12.3. The highest BCUT2D eigenvalue weighted by Crippen LogP contribution is 2.19. The second-order valence-corrected chi connectivity index (χ2v) is 18.5. The average Bonchev–Trinajstić information content (AvgIpc) is 3.17. The minimum absolute atomic E-state index is 0.000928. The number of unbranched alkanes of at least 4 members (excludes halogenated alkanes) is 22. The molecule has 8 heteroatoms. The van der Waals surface area contributed by atoms with Gasteiger partial charge < -0.3 is 24.4 Å². The van der Waals surface area contributed by atoms with Gasteiger partial charge in [-0.1, -0.05) is 163 Å². The lowest BCUT2D eigenvalue weighted by atomic mass is 10.0. The van der Waals surface area contributed by atoms with E-state index in [-0.39, 0.29) is 24.1 Å². The van der Waals surface area contributed by atoms with E-state index in [2.05, 4.69) is 37.9 Å². The van der Waals surface area contributed by atoms with Crippen LogP contribution in [0.25, 0.3) is 0 Å². The molecular weight excluding hydrogens is 725 g/mol. The van der Waals surface area contributed by atoms with Crippen molar-refractivity contribution in [3.8, 4) is 0 Å². The van der Waals surface area contributed by atoms with E-state index in [4.69, 9.17) is 14.2 Å². The molecule has 0 aromatic rings. The predicted octanol–water partition coefficient (Wildman–Crippen LogP) is 14.4. The van der Waals surface area contributed by atoms with Gasteiger partial charge in [0.1, 0.15) is 11.7 Å². The van der Waals surface area contributed by atoms with Gasteiger partial charge in [-0.3, -0.25) is 9.59 Å². The molecule has 1 amide bonds. The number of carbonyl (C=O) groups is 3. The fraction of sp³-hybridized carbons (Fsp3) is 0.940. The van der Waals surface area contributed by atoms with Crippen molar-refractivity contribution in [1.29, 1.82) is 0 Å². The molecule has 0 aliphatic rings. The molecule has 0 bridgehead atoms. The summed E-state index contributed by atoms with van der Waals surface area (Å²) in [6.07, 6.45) is 36.3. The zero-order valence-electron chi connectivity index (χ0n) is 39.7. The topological polar surface area (TPSA) is 94.2 Å². The first-order chi connectivity index (χ1) is 28.0. The van der Waals surface area contributed by atoms with E-state index in [0.29, 0.717) is 31.9 Å². The van der Waals surface area contributed by atoms with Gasteiger partial charge in [0.15, 0.2) is 0 Å². The molecule has 1 atom stereocenters. The van der Waals surface area contributed by atoms with Crippen molar-refractivity contribution in [3.05, 3.63) is 0 Å². The Balaban J connectivity index is 4.47. The summed E-state index contributed by atoms with van der Waals surface area (Å²) in [5.74, 6) is 0.396. The first-order valence-electron chi connectivity index (χ1n) is 25.0. The Kier molecular flexibility index (Phi) is 39.3. The number of esters is 2. The van der Waals surface area contributed by atoms with Crippen molar-refractivity contribution in [3.63, 3.8) is 0 Å². The largest absolute Gasteiger partial charge is 0.465 e. The van der Waals surface area contributed by atoms with Crippen LogP contribution in [0, 0.1) is 5.92 Å². The minimum Gasteiger partial charge on any atom is -0.465 e. The summed E-state index contributed by atoms with van der Waals surface area (Å²) in [5, 5.41) is 2.93. The lowest BCUT2D eigenvalue weighted by Gasteiger charge is -2.24. The second kappa shape index (κ2) is 40.6. The molecule has 0 aliphatic carbocycles. The molecular formula is C50H98N2O6. The summed E-state index contributed by atoms with van der Waals surface area (Å²) < 4.78 is 17.0. The van der Waals surface area contributed by atoms with Crippen LogP contribution in [0.15, 0.2) is 0 Å². The summed E-state index contributed by atoms with van der Waals surface area (Å²) in [6.45, 7) is 18.5. The zero-order valence-corrected chi connectivity index (χ0v) is 39.7. The van der Waals surface area contributed by atoms with E-state index < -0.39 is 5.60 Å². The SMILES string of the molecule is CCCCCCCCC(CCCCCCCC)OC(=O)CCCCCCCN(CCCCCCCC(=O)OCC(C)CCCCCCC)CCNC(=O)OC(C)(C)C. The number of hydrogen-bond acceptors (Lipinski definition) is 7. The van der Waals surface area contributed by atoms with Crippen LogP contribution in [0.1, 0.15) is 254 Å². The Morgan fingerprint density at radius 2 is 0.931 bits per heavy atom. The predicted molar refractivity (Wildman–Crippen MR) is 245 cm³/mol. The molecule has 58 heavy (non-hydrogen) atoms. The van der Waals surface area contributed by atoms with E-state index >= 15 is 0 Å². The smallest absolute Gasteiger partial charge is 0.407 e. The number of alkyl carbamates (subject to hydrolysis) is 1. The van der Waals surface area contributed by atoms with Crippen LogP contribution < -0.4 is 5.32 Å². The molecule has 0 saturated heterocycles. The molecule has 0 radical (unpaired) electrons. The summed E-state index contributed by atoms with van der Waals surface area (Å²) in [7, 11) is 0. The molecule has 8 nitrogen and oxygen atoms in total. The molecule has 0 aromatic carbocycles.